The van der Waals surface area contributed by atoms with Gasteiger partial charge in [0.25, 0.3) is 0 Å². The molecular formula is C25H19ClN4O2. The summed E-state index contributed by atoms with van der Waals surface area (Å²) in [6.07, 6.45) is 0. The second kappa shape index (κ2) is 7.63. The molecule has 0 radical (unpaired) electrons. The molecule has 0 aliphatic carbocycles. The molecule has 6 nitrogen and oxygen atoms in total. The highest BCUT2D eigenvalue weighted by atomic mass is 35.5. The summed E-state index contributed by atoms with van der Waals surface area (Å²) in [7, 11) is 0. The van der Waals surface area contributed by atoms with Crippen molar-refractivity contribution in [3.63, 3.8) is 0 Å². The normalized spacial score (nSPS) is 15.2. The lowest BCUT2D eigenvalue weighted by Gasteiger charge is -2.23. The van der Waals surface area contributed by atoms with Gasteiger partial charge in [0.1, 0.15) is 23.2 Å². The number of aryl methyl sites for hydroxylation is 1. The van der Waals surface area contributed by atoms with E-state index in [-0.39, 0.29) is 11.5 Å². The molecule has 0 saturated carbocycles. The molecular weight excluding hydrogens is 424 g/mol. The summed E-state index contributed by atoms with van der Waals surface area (Å²) in [4.78, 5) is 0. The van der Waals surface area contributed by atoms with Gasteiger partial charge in [0.2, 0.25) is 11.8 Å². The van der Waals surface area contributed by atoms with E-state index in [1.54, 1.807) is 4.68 Å². The Hall–Kier alpha value is -3.95. The van der Waals surface area contributed by atoms with E-state index in [1.165, 1.54) is 0 Å². The van der Waals surface area contributed by atoms with Gasteiger partial charge >= 0.3 is 0 Å². The van der Waals surface area contributed by atoms with Crippen LogP contribution in [0.5, 0.6) is 5.88 Å². The highest BCUT2D eigenvalue weighted by molar-refractivity contribution is 6.31. The monoisotopic (exact) mass is 442 g/mol. The maximum atomic E-state index is 9.88. The molecule has 158 valence electrons. The minimum absolute atomic E-state index is 0.0407. The van der Waals surface area contributed by atoms with Crippen LogP contribution < -0.4 is 10.5 Å². The molecule has 0 amide bonds. The van der Waals surface area contributed by atoms with Gasteiger partial charge in [-0.15, -0.1) is 0 Å². The summed E-state index contributed by atoms with van der Waals surface area (Å²) in [6.45, 7) is 3.83. The van der Waals surface area contributed by atoms with Crippen molar-refractivity contribution >= 4 is 11.6 Å². The first-order valence-corrected chi connectivity index (χ1v) is 10.4. The second-order valence-electron chi connectivity index (χ2n) is 7.59. The Labute approximate surface area is 190 Å². The van der Waals surface area contributed by atoms with Crippen LogP contribution in [0.2, 0.25) is 5.02 Å². The third kappa shape index (κ3) is 3.06. The number of nitriles is 1. The van der Waals surface area contributed by atoms with E-state index in [2.05, 4.69) is 11.2 Å². The van der Waals surface area contributed by atoms with Gasteiger partial charge in [0.15, 0.2) is 0 Å². The van der Waals surface area contributed by atoms with Gasteiger partial charge in [-0.25, -0.2) is 4.68 Å². The number of rotatable bonds is 3. The van der Waals surface area contributed by atoms with Crippen LogP contribution in [-0.4, -0.2) is 9.78 Å². The summed E-state index contributed by atoms with van der Waals surface area (Å²) >= 11 is 6.30. The van der Waals surface area contributed by atoms with Crippen molar-refractivity contribution in [3.8, 4) is 29.0 Å². The van der Waals surface area contributed by atoms with Gasteiger partial charge in [-0.1, -0.05) is 41.9 Å². The maximum absolute atomic E-state index is 9.88. The molecule has 0 spiro atoms. The van der Waals surface area contributed by atoms with Gasteiger partial charge in [0, 0.05) is 10.6 Å². The van der Waals surface area contributed by atoms with E-state index in [9.17, 15) is 5.26 Å². The number of fused-ring (bicyclic) bond motifs is 1. The van der Waals surface area contributed by atoms with E-state index in [0.717, 1.165) is 28.1 Å². The molecule has 1 aliphatic heterocycles. The van der Waals surface area contributed by atoms with Crippen LogP contribution in [-0.2, 0) is 0 Å². The van der Waals surface area contributed by atoms with E-state index in [1.807, 2.05) is 74.5 Å². The van der Waals surface area contributed by atoms with Gasteiger partial charge in [-0.3, -0.25) is 0 Å². The molecule has 1 aliphatic rings. The lowest BCUT2D eigenvalue weighted by molar-refractivity contribution is 0.361. The van der Waals surface area contributed by atoms with Crippen LogP contribution in [0.1, 0.15) is 28.5 Å². The number of para-hydroxylation sites is 1. The molecule has 2 aromatic carbocycles. The van der Waals surface area contributed by atoms with Crippen LogP contribution in [0.4, 0.5) is 0 Å². The predicted octanol–water partition coefficient (Wildman–Crippen LogP) is 5.62. The molecule has 4 aromatic rings. The third-order valence-electron chi connectivity index (χ3n) is 5.68. The standard InChI is InChI=1S/C25H19ClN4O2/c1-14-17(9-6-10-19(14)26)20-11-12-21(31-20)23-18(13-27)24(28)32-25-22(23)15(2)29-30(25)16-7-4-3-5-8-16/h3-12,23H,28H2,1-2H3. The number of aromatic nitrogens is 2. The van der Waals surface area contributed by atoms with Crippen molar-refractivity contribution in [3.05, 3.63) is 99.7 Å². The molecule has 3 heterocycles. The third-order valence-corrected chi connectivity index (χ3v) is 6.09. The molecule has 0 bridgehead atoms. The SMILES string of the molecule is Cc1nn(-c2ccccc2)c2c1C(c1ccc(-c3cccc(Cl)c3C)o1)C(C#N)=C(N)O2. The fourth-order valence-electron chi connectivity index (χ4n) is 4.07. The quantitative estimate of drug-likeness (QED) is 0.444. The largest absolute Gasteiger partial charge is 0.460 e. The van der Waals surface area contributed by atoms with E-state index in [4.69, 9.17) is 26.5 Å². The molecule has 0 saturated heterocycles. The van der Waals surface area contributed by atoms with Crippen molar-refractivity contribution < 1.29 is 9.15 Å². The number of furan rings is 1. The lowest BCUT2D eigenvalue weighted by atomic mass is 9.88. The Morgan fingerprint density at radius 1 is 1.06 bits per heavy atom. The summed E-state index contributed by atoms with van der Waals surface area (Å²) in [5.41, 5.74) is 10.6. The Balaban J connectivity index is 1.67. The lowest BCUT2D eigenvalue weighted by Crippen LogP contribution is -2.21. The average molecular weight is 443 g/mol. The first-order valence-electron chi connectivity index (χ1n) is 10.1. The summed E-state index contributed by atoms with van der Waals surface area (Å²) in [5, 5.41) is 15.2. The van der Waals surface area contributed by atoms with Crippen LogP contribution in [0.15, 0.2) is 76.5 Å². The van der Waals surface area contributed by atoms with E-state index < -0.39 is 5.92 Å². The van der Waals surface area contributed by atoms with Crippen molar-refractivity contribution in [2.45, 2.75) is 19.8 Å². The van der Waals surface area contributed by atoms with Gasteiger partial charge in [-0.05, 0) is 49.7 Å². The Kier molecular flexibility index (Phi) is 4.76. The second-order valence-corrected chi connectivity index (χ2v) is 8.00. The van der Waals surface area contributed by atoms with Gasteiger partial charge < -0.3 is 14.9 Å². The van der Waals surface area contributed by atoms with Gasteiger partial charge in [0.05, 0.1) is 22.9 Å². The van der Waals surface area contributed by atoms with Crippen LogP contribution >= 0.6 is 11.6 Å². The maximum Gasteiger partial charge on any atom is 0.229 e. The molecule has 1 atom stereocenters. The zero-order valence-corrected chi connectivity index (χ0v) is 18.2. The zero-order chi connectivity index (χ0) is 22.4. The number of benzene rings is 2. The average Bonchev–Trinajstić information content (AvgIpc) is 3.40. The number of ether oxygens (including phenoxy) is 1. The summed E-state index contributed by atoms with van der Waals surface area (Å²) in [6, 6.07) is 21.2. The van der Waals surface area contributed by atoms with E-state index >= 15 is 0 Å². The molecule has 2 aromatic heterocycles. The van der Waals surface area contributed by atoms with Crippen LogP contribution in [0.25, 0.3) is 17.0 Å². The van der Waals surface area contributed by atoms with Crippen LogP contribution in [0, 0.1) is 25.2 Å². The highest BCUT2D eigenvalue weighted by Gasteiger charge is 2.38. The molecule has 7 heteroatoms. The predicted molar refractivity (Wildman–Crippen MR) is 121 cm³/mol. The molecule has 32 heavy (non-hydrogen) atoms. The first-order chi connectivity index (χ1) is 15.5. The number of halogens is 1. The van der Waals surface area contributed by atoms with Crippen molar-refractivity contribution in [2.24, 2.45) is 5.73 Å². The number of nitrogens with two attached hydrogens (primary N) is 1. The zero-order valence-electron chi connectivity index (χ0n) is 17.5. The summed E-state index contributed by atoms with van der Waals surface area (Å²) in [5.74, 6) is 1.23. The minimum Gasteiger partial charge on any atom is -0.460 e. The van der Waals surface area contributed by atoms with E-state index in [0.29, 0.717) is 22.4 Å². The summed E-state index contributed by atoms with van der Waals surface area (Å²) < 4.78 is 13.9. The highest BCUT2D eigenvalue weighted by Crippen LogP contribution is 2.46. The first kappa shape index (κ1) is 20.0. The fourth-order valence-corrected chi connectivity index (χ4v) is 4.24. The Morgan fingerprint density at radius 3 is 2.59 bits per heavy atom. The minimum atomic E-state index is -0.533. The molecule has 2 N–H and O–H groups in total. The molecule has 5 rings (SSSR count). The number of allylic oxidation sites excluding steroid dienone is 1. The Morgan fingerprint density at radius 2 is 1.84 bits per heavy atom. The van der Waals surface area contributed by atoms with Crippen molar-refractivity contribution in [2.75, 3.05) is 0 Å². The smallest absolute Gasteiger partial charge is 0.229 e. The topological polar surface area (TPSA) is 90.0 Å². The van der Waals surface area contributed by atoms with Gasteiger partial charge in [-0.2, -0.15) is 10.4 Å². The van der Waals surface area contributed by atoms with Crippen LogP contribution in [0.3, 0.4) is 0 Å². The van der Waals surface area contributed by atoms with Crippen molar-refractivity contribution in [1.29, 1.82) is 5.26 Å². The van der Waals surface area contributed by atoms with Crippen molar-refractivity contribution in [1.82, 2.24) is 9.78 Å². The Bertz CT molecular complexity index is 1410. The fraction of sp³-hybridized carbons (Fsp3) is 0.120. The number of nitrogens with zero attached hydrogens (tertiary/aromatic N) is 3. The number of hydrogen-bond acceptors (Lipinski definition) is 5. The number of hydrogen-bond donors (Lipinski definition) is 1. The molecule has 0 fully saturated rings. The molecule has 1 unspecified atom stereocenters.